The normalized spacial score (nSPS) is 27.5. The summed E-state index contributed by atoms with van der Waals surface area (Å²) in [6.45, 7) is -0.190. The van der Waals surface area contributed by atoms with Crippen LogP contribution >= 0.6 is 24.0 Å². The van der Waals surface area contributed by atoms with Crippen LogP contribution in [-0.4, -0.2) is 76.8 Å². The van der Waals surface area contributed by atoms with Gasteiger partial charge in [0.15, 0.2) is 12.4 Å². The molecule has 1 saturated heterocycles. The molecule has 0 aliphatic carbocycles. The molecule has 1 N–H and O–H groups in total. The molecule has 1 aliphatic rings. The predicted molar refractivity (Wildman–Crippen MR) is 86.8 cm³/mol. The van der Waals surface area contributed by atoms with Crippen molar-refractivity contribution >= 4 is 44.6 Å². The maximum absolute atomic E-state index is 11.5. The van der Waals surface area contributed by atoms with Crippen LogP contribution in [0.5, 0.6) is 0 Å². The Morgan fingerprint density at radius 1 is 1.39 bits per heavy atom. The molecule has 0 radical (unpaired) electrons. The SMILES string of the molecule is COC(=O)OC[C@H]1O[C@H](OC)[C@@H](OS(C)(=O)=O)[C@@H]1NC(=S)SC. The van der Waals surface area contributed by atoms with E-state index in [1.807, 2.05) is 0 Å². The monoisotopic (exact) mass is 389 g/mol. The topological polar surface area (TPSA) is 109 Å². The molecular formula is C11H19NO8S3. The van der Waals surface area contributed by atoms with Gasteiger partial charge in [0.05, 0.1) is 19.4 Å². The molecule has 12 heteroatoms. The first-order chi connectivity index (χ1) is 10.7. The van der Waals surface area contributed by atoms with E-state index in [2.05, 4.69) is 10.1 Å². The van der Waals surface area contributed by atoms with Crippen LogP contribution in [0.2, 0.25) is 0 Å². The van der Waals surface area contributed by atoms with Crippen LogP contribution in [0.4, 0.5) is 4.79 Å². The highest BCUT2D eigenvalue weighted by Crippen LogP contribution is 2.27. The first kappa shape index (κ1) is 20.4. The van der Waals surface area contributed by atoms with Gasteiger partial charge in [-0.2, -0.15) is 8.42 Å². The van der Waals surface area contributed by atoms with E-state index in [9.17, 15) is 13.2 Å². The minimum Gasteiger partial charge on any atom is -0.438 e. The average molecular weight is 389 g/mol. The summed E-state index contributed by atoms with van der Waals surface area (Å²) in [4.78, 5) is 11.1. The average Bonchev–Trinajstić information content (AvgIpc) is 2.80. The van der Waals surface area contributed by atoms with Crippen molar-refractivity contribution in [3.05, 3.63) is 0 Å². The summed E-state index contributed by atoms with van der Waals surface area (Å²) in [5.74, 6) is 0. The molecule has 4 atom stereocenters. The van der Waals surface area contributed by atoms with Gasteiger partial charge in [0.2, 0.25) is 0 Å². The fraction of sp³-hybridized carbons (Fsp3) is 0.818. The summed E-state index contributed by atoms with van der Waals surface area (Å²) >= 11 is 6.35. The van der Waals surface area contributed by atoms with Crippen molar-refractivity contribution in [3.8, 4) is 0 Å². The lowest BCUT2D eigenvalue weighted by atomic mass is 10.1. The first-order valence-electron chi connectivity index (χ1n) is 6.33. The number of methoxy groups -OCH3 is 2. The second kappa shape index (κ2) is 8.99. The fourth-order valence-electron chi connectivity index (χ4n) is 1.93. The van der Waals surface area contributed by atoms with Crippen LogP contribution in [0.25, 0.3) is 0 Å². The molecule has 0 aromatic heterocycles. The standard InChI is InChI=1S/C11H19NO8S3/c1-16-9-8(20-23(4,14)15)7(12-10(21)22-3)6(19-9)5-18-11(13)17-2/h6-9H,5H2,1-4H3,(H,12,21)/t6-,7-,8+,9+/m1/s1. The molecule has 0 unspecified atom stereocenters. The second-order valence-corrected chi connectivity index (χ2v) is 7.55. The zero-order valence-electron chi connectivity index (χ0n) is 13.0. The summed E-state index contributed by atoms with van der Waals surface area (Å²) in [7, 11) is -1.25. The van der Waals surface area contributed by atoms with Gasteiger partial charge >= 0.3 is 6.16 Å². The number of hydrogen-bond donors (Lipinski definition) is 1. The molecule has 23 heavy (non-hydrogen) atoms. The van der Waals surface area contributed by atoms with E-state index in [4.69, 9.17) is 30.6 Å². The summed E-state index contributed by atoms with van der Waals surface area (Å²) in [5, 5.41) is 2.93. The Bertz CT molecular complexity index is 525. The largest absolute Gasteiger partial charge is 0.508 e. The Hall–Kier alpha value is -0.660. The zero-order valence-corrected chi connectivity index (χ0v) is 15.5. The highest BCUT2D eigenvalue weighted by molar-refractivity contribution is 8.22. The molecule has 1 rings (SSSR count). The Labute approximate surface area is 144 Å². The molecule has 1 aliphatic heterocycles. The third-order valence-electron chi connectivity index (χ3n) is 2.85. The predicted octanol–water partition coefficient (Wildman–Crippen LogP) is 0.0916. The number of thiocarbonyl (C=S) groups is 1. The van der Waals surface area contributed by atoms with E-state index in [1.165, 1.54) is 26.0 Å². The Kier molecular flexibility index (Phi) is 7.97. The van der Waals surface area contributed by atoms with Crippen LogP contribution in [0.3, 0.4) is 0 Å². The third-order valence-corrected chi connectivity index (χ3v) is 4.53. The minimum absolute atomic E-state index is 0.190. The summed E-state index contributed by atoms with van der Waals surface area (Å²) in [6.07, 6.45) is -0.922. The van der Waals surface area contributed by atoms with E-state index >= 15 is 0 Å². The van der Waals surface area contributed by atoms with E-state index in [-0.39, 0.29) is 6.61 Å². The van der Waals surface area contributed by atoms with Crippen LogP contribution in [0.15, 0.2) is 0 Å². The molecule has 0 bridgehead atoms. The highest BCUT2D eigenvalue weighted by Gasteiger charge is 2.48. The summed E-state index contributed by atoms with van der Waals surface area (Å²) < 4.78 is 48.3. The van der Waals surface area contributed by atoms with Crippen molar-refractivity contribution < 1.29 is 36.3 Å². The lowest BCUT2D eigenvalue weighted by Crippen LogP contribution is -2.49. The van der Waals surface area contributed by atoms with Crippen LogP contribution in [0.1, 0.15) is 0 Å². The summed E-state index contributed by atoms with van der Waals surface area (Å²) in [5.41, 5.74) is 0. The highest BCUT2D eigenvalue weighted by atomic mass is 32.2. The van der Waals surface area contributed by atoms with Crippen LogP contribution in [-0.2, 0) is 33.2 Å². The van der Waals surface area contributed by atoms with Crippen molar-refractivity contribution in [1.29, 1.82) is 0 Å². The van der Waals surface area contributed by atoms with Crippen molar-refractivity contribution in [2.75, 3.05) is 33.3 Å². The molecule has 0 spiro atoms. The zero-order chi connectivity index (χ0) is 17.6. The van der Waals surface area contributed by atoms with Gasteiger partial charge in [0.1, 0.15) is 17.0 Å². The first-order valence-corrected chi connectivity index (χ1v) is 9.78. The Morgan fingerprint density at radius 3 is 2.52 bits per heavy atom. The van der Waals surface area contributed by atoms with Crippen molar-refractivity contribution in [2.24, 2.45) is 0 Å². The molecule has 1 heterocycles. The Morgan fingerprint density at radius 2 is 2.04 bits per heavy atom. The molecule has 0 saturated carbocycles. The maximum Gasteiger partial charge on any atom is 0.508 e. The molecule has 9 nitrogen and oxygen atoms in total. The number of ether oxygens (including phenoxy) is 4. The van der Waals surface area contributed by atoms with Crippen molar-refractivity contribution in [1.82, 2.24) is 5.32 Å². The number of rotatable bonds is 6. The van der Waals surface area contributed by atoms with E-state index in [1.54, 1.807) is 6.26 Å². The number of carbonyl (C=O) groups is 1. The number of carbonyl (C=O) groups excluding carboxylic acids is 1. The van der Waals surface area contributed by atoms with Gasteiger partial charge in [0, 0.05) is 7.11 Å². The van der Waals surface area contributed by atoms with Gasteiger partial charge in [-0.3, -0.25) is 4.18 Å². The van der Waals surface area contributed by atoms with E-state index < -0.39 is 40.8 Å². The van der Waals surface area contributed by atoms with Crippen LogP contribution < -0.4 is 5.32 Å². The van der Waals surface area contributed by atoms with Gasteiger partial charge in [-0.1, -0.05) is 12.2 Å². The van der Waals surface area contributed by atoms with Crippen molar-refractivity contribution in [3.63, 3.8) is 0 Å². The van der Waals surface area contributed by atoms with Gasteiger partial charge in [0.25, 0.3) is 10.1 Å². The number of hydrogen-bond acceptors (Lipinski definition) is 10. The number of thioether (sulfide) groups is 1. The summed E-state index contributed by atoms with van der Waals surface area (Å²) in [6, 6.07) is -0.695. The smallest absolute Gasteiger partial charge is 0.438 e. The van der Waals surface area contributed by atoms with E-state index in [0.29, 0.717) is 4.32 Å². The van der Waals surface area contributed by atoms with E-state index in [0.717, 1.165) is 6.26 Å². The van der Waals surface area contributed by atoms with Gasteiger partial charge in [-0.15, -0.1) is 11.8 Å². The molecule has 0 aromatic rings. The molecule has 134 valence electrons. The lowest BCUT2D eigenvalue weighted by molar-refractivity contribution is -0.149. The maximum atomic E-state index is 11.5. The second-order valence-electron chi connectivity index (χ2n) is 4.47. The molecule has 1 fully saturated rings. The molecule has 0 aromatic carbocycles. The number of nitrogens with one attached hydrogen (secondary N) is 1. The third kappa shape index (κ3) is 6.39. The molecular weight excluding hydrogens is 370 g/mol. The molecule has 0 amide bonds. The minimum atomic E-state index is -3.77. The fourth-order valence-corrected chi connectivity index (χ4v) is 2.94. The Balaban J connectivity index is 2.94. The van der Waals surface area contributed by atoms with Crippen LogP contribution in [0, 0.1) is 0 Å². The lowest BCUT2D eigenvalue weighted by Gasteiger charge is -2.24. The van der Waals surface area contributed by atoms with Gasteiger partial charge < -0.3 is 24.3 Å². The quantitative estimate of drug-likeness (QED) is 0.379. The van der Waals surface area contributed by atoms with Gasteiger partial charge in [-0.05, 0) is 6.26 Å². The van der Waals surface area contributed by atoms with Crippen molar-refractivity contribution in [2.45, 2.75) is 24.5 Å². The van der Waals surface area contributed by atoms with Gasteiger partial charge in [-0.25, -0.2) is 4.79 Å².